The first-order chi connectivity index (χ1) is 9.54. The van der Waals surface area contributed by atoms with Gasteiger partial charge in [0.25, 0.3) is 5.91 Å². The molecule has 1 saturated heterocycles. The number of hydrogen-bond acceptors (Lipinski definition) is 3. The highest BCUT2D eigenvalue weighted by Gasteiger charge is 2.29. The molecule has 1 atom stereocenters. The predicted octanol–water partition coefficient (Wildman–Crippen LogP) is 3.60. The van der Waals surface area contributed by atoms with Crippen LogP contribution in [0.5, 0.6) is 0 Å². The van der Waals surface area contributed by atoms with Crippen molar-refractivity contribution in [1.82, 2.24) is 4.90 Å². The van der Waals surface area contributed by atoms with Gasteiger partial charge in [0.2, 0.25) is 0 Å². The van der Waals surface area contributed by atoms with Crippen LogP contribution in [0.25, 0.3) is 10.1 Å². The number of hydrogen-bond donors (Lipinski definition) is 1. The Hall–Kier alpha value is -1.55. The van der Waals surface area contributed by atoms with Gasteiger partial charge in [-0.05, 0) is 47.9 Å². The fraction of sp³-hybridized carbons (Fsp3) is 0.438. The van der Waals surface area contributed by atoms with Crippen molar-refractivity contribution in [3.05, 3.63) is 29.1 Å². The number of amides is 1. The van der Waals surface area contributed by atoms with Crippen molar-refractivity contribution in [2.45, 2.75) is 20.3 Å². The average Bonchev–Trinajstić information content (AvgIpc) is 3.03. The molecule has 1 unspecified atom stereocenters. The average molecular weight is 288 g/mol. The van der Waals surface area contributed by atoms with Gasteiger partial charge in [0.05, 0.1) is 4.88 Å². The SMILES string of the molecule is CC(C)C1CCN(C(=O)c2cc3cc(N)ccc3s2)C1. The first kappa shape index (κ1) is 13.4. The summed E-state index contributed by atoms with van der Waals surface area (Å²) in [5.41, 5.74) is 6.54. The third-order valence-corrected chi connectivity index (χ3v) is 5.31. The van der Waals surface area contributed by atoms with E-state index in [0.29, 0.717) is 11.8 Å². The Morgan fingerprint density at radius 1 is 1.40 bits per heavy atom. The van der Waals surface area contributed by atoms with E-state index in [-0.39, 0.29) is 5.91 Å². The van der Waals surface area contributed by atoms with Crippen molar-refractivity contribution in [3.8, 4) is 0 Å². The highest BCUT2D eigenvalue weighted by molar-refractivity contribution is 7.20. The number of carbonyl (C=O) groups excluding carboxylic acids is 1. The molecule has 4 heteroatoms. The molecule has 2 N–H and O–H groups in total. The van der Waals surface area contributed by atoms with Crippen LogP contribution in [0.3, 0.4) is 0 Å². The molecule has 0 saturated carbocycles. The zero-order chi connectivity index (χ0) is 14.3. The maximum Gasteiger partial charge on any atom is 0.263 e. The van der Waals surface area contributed by atoms with Gasteiger partial charge in [0.15, 0.2) is 0 Å². The van der Waals surface area contributed by atoms with E-state index in [9.17, 15) is 4.79 Å². The Kier molecular flexibility index (Phi) is 3.42. The molecular weight excluding hydrogens is 268 g/mol. The number of anilines is 1. The topological polar surface area (TPSA) is 46.3 Å². The molecule has 0 bridgehead atoms. The molecule has 2 heterocycles. The van der Waals surface area contributed by atoms with E-state index in [0.717, 1.165) is 40.2 Å². The molecule has 1 amide bonds. The second-order valence-corrected chi connectivity index (χ2v) is 7.04. The zero-order valence-corrected chi connectivity index (χ0v) is 12.7. The van der Waals surface area contributed by atoms with Crippen molar-refractivity contribution < 1.29 is 4.79 Å². The number of rotatable bonds is 2. The zero-order valence-electron chi connectivity index (χ0n) is 11.9. The fourth-order valence-corrected chi connectivity index (χ4v) is 3.85. The highest BCUT2D eigenvalue weighted by Crippen LogP contribution is 2.30. The van der Waals surface area contributed by atoms with E-state index in [1.165, 1.54) is 0 Å². The van der Waals surface area contributed by atoms with Gasteiger partial charge in [0, 0.05) is 23.5 Å². The quantitative estimate of drug-likeness (QED) is 0.858. The summed E-state index contributed by atoms with van der Waals surface area (Å²) in [6.07, 6.45) is 1.13. The molecule has 1 aliphatic rings. The summed E-state index contributed by atoms with van der Waals surface area (Å²) in [7, 11) is 0. The van der Waals surface area contributed by atoms with Gasteiger partial charge >= 0.3 is 0 Å². The minimum Gasteiger partial charge on any atom is -0.399 e. The Morgan fingerprint density at radius 2 is 2.20 bits per heavy atom. The van der Waals surface area contributed by atoms with E-state index in [4.69, 9.17) is 5.73 Å². The molecule has 1 aromatic heterocycles. The molecule has 3 rings (SSSR count). The van der Waals surface area contributed by atoms with Gasteiger partial charge in [-0.2, -0.15) is 0 Å². The molecule has 1 aliphatic heterocycles. The van der Waals surface area contributed by atoms with Crippen molar-refractivity contribution >= 4 is 33.0 Å². The van der Waals surface area contributed by atoms with Crippen LogP contribution in [-0.4, -0.2) is 23.9 Å². The van der Waals surface area contributed by atoms with Gasteiger partial charge < -0.3 is 10.6 Å². The molecular formula is C16H20N2OS. The van der Waals surface area contributed by atoms with Gasteiger partial charge in [-0.25, -0.2) is 0 Å². The lowest BCUT2D eigenvalue weighted by atomic mass is 9.95. The lowest BCUT2D eigenvalue weighted by Crippen LogP contribution is -2.28. The lowest BCUT2D eigenvalue weighted by Gasteiger charge is -2.17. The number of likely N-dealkylation sites (tertiary alicyclic amines) is 1. The normalized spacial score (nSPS) is 19.1. The second kappa shape index (κ2) is 5.09. The number of benzene rings is 1. The summed E-state index contributed by atoms with van der Waals surface area (Å²) in [6.45, 7) is 6.26. The van der Waals surface area contributed by atoms with E-state index in [1.54, 1.807) is 11.3 Å². The van der Waals surface area contributed by atoms with Gasteiger partial charge in [-0.15, -0.1) is 11.3 Å². The van der Waals surface area contributed by atoms with Crippen molar-refractivity contribution in [1.29, 1.82) is 0 Å². The van der Waals surface area contributed by atoms with Crippen LogP contribution in [0.2, 0.25) is 0 Å². The van der Waals surface area contributed by atoms with E-state index >= 15 is 0 Å². The number of nitrogens with two attached hydrogens (primary N) is 1. The molecule has 0 radical (unpaired) electrons. The molecule has 2 aromatic rings. The molecule has 3 nitrogen and oxygen atoms in total. The largest absolute Gasteiger partial charge is 0.399 e. The summed E-state index contributed by atoms with van der Waals surface area (Å²) in [4.78, 5) is 15.4. The number of nitrogen functional groups attached to an aromatic ring is 1. The van der Waals surface area contributed by atoms with Gasteiger partial charge in [-0.3, -0.25) is 4.79 Å². The smallest absolute Gasteiger partial charge is 0.263 e. The van der Waals surface area contributed by atoms with Crippen LogP contribution in [0.1, 0.15) is 29.9 Å². The maximum atomic E-state index is 12.6. The molecule has 1 aromatic carbocycles. The Morgan fingerprint density at radius 3 is 2.90 bits per heavy atom. The minimum atomic E-state index is 0.174. The summed E-state index contributed by atoms with van der Waals surface area (Å²) in [5, 5.41) is 1.07. The van der Waals surface area contributed by atoms with Gasteiger partial charge in [-0.1, -0.05) is 13.8 Å². The monoisotopic (exact) mass is 288 g/mol. The van der Waals surface area contributed by atoms with Crippen LogP contribution < -0.4 is 5.73 Å². The minimum absolute atomic E-state index is 0.174. The van der Waals surface area contributed by atoms with E-state index in [2.05, 4.69) is 13.8 Å². The Bertz CT molecular complexity index is 647. The fourth-order valence-electron chi connectivity index (χ4n) is 2.84. The summed E-state index contributed by atoms with van der Waals surface area (Å²) in [5.74, 6) is 1.46. The van der Waals surface area contributed by atoms with Gasteiger partial charge in [0.1, 0.15) is 0 Å². The Labute approximate surface area is 123 Å². The van der Waals surface area contributed by atoms with Crippen LogP contribution in [0, 0.1) is 11.8 Å². The van der Waals surface area contributed by atoms with Crippen molar-refractivity contribution in [2.24, 2.45) is 11.8 Å². The summed E-state index contributed by atoms with van der Waals surface area (Å²) >= 11 is 1.56. The van der Waals surface area contributed by atoms with Crippen LogP contribution in [0.4, 0.5) is 5.69 Å². The third-order valence-electron chi connectivity index (χ3n) is 4.21. The number of thiophene rings is 1. The number of carbonyl (C=O) groups is 1. The highest BCUT2D eigenvalue weighted by atomic mass is 32.1. The standard InChI is InChI=1S/C16H20N2OS/c1-10(2)11-5-6-18(9-11)16(19)15-8-12-7-13(17)3-4-14(12)20-15/h3-4,7-8,10-11H,5-6,9,17H2,1-2H3. The van der Waals surface area contributed by atoms with Crippen molar-refractivity contribution in [2.75, 3.05) is 18.8 Å². The predicted molar refractivity (Wildman–Crippen MR) is 85.1 cm³/mol. The van der Waals surface area contributed by atoms with Crippen LogP contribution in [-0.2, 0) is 0 Å². The molecule has 1 fully saturated rings. The number of nitrogens with zero attached hydrogens (tertiary/aromatic N) is 1. The molecule has 0 spiro atoms. The summed E-state index contributed by atoms with van der Waals surface area (Å²) < 4.78 is 1.13. The Balaban J connectivity index is 1.82. The second-order valence-electron chi connectivity index (χ2n) is 5.95. The van der Waals surface area contributed by atoms with E-state index in [1.807, 2.05) is 29.2 Å². The molecule has 0 aliphatic carbocycles. The maximum absolute atomic E-state index is 12.6. The lowest BCUT2D eigenvalue weighted by molar-refractivity contribution is 0.0789. The van der Waals surface area contributed by atoms with Crippen LogP contribution >= 0.6 is 11.3 Å². The number of fused-ring (bicyclic) bond motifs is 1. The first-order valence-electron chi connectivity index (χ1n) is 7.13. The molecule has 106 valence electrons. The van der Waals surface area contributed by atoms with E-state index < -0.39 is 0 Å². The first-order valence-corrected chi connectivity index (χ1v) is 7.94. The van der Waals surface area contributed by atoms with Crippen molar-refractivity contribution in [3.63, 3.8) is 0 Å². The third kappa shape index (κ3) is 2.40. The summed E-state index contributed by atoms with van der Waals surface area (Å²) in [6, 6.07) is 7.79. The molecule has 20 heavy (non-hydrogen) atoms. The van der Waals surface area contributed by atoms with Crippen LogP contribution in [0.15, 0.2) is 24.3 Å².